The Morgan fingerprint density at radius 3 is 2.21 bits per heavy atom. The minimum atomic E-state index is -0.208. The maximum absolute atomic E-state index is 13.7. The summed E-state index contributed by atoms with van der Waals surface area (Å²) in [6.07, 6.45) is 0. The van der Waals surface area contributed by atoms with Crippen molar-refractivity contribution in [1.29, 1.82) is 0 Å². The van der Waals surface area contributed by atoms with Gasteiger partial charge in [0.25, 0.3) is 11.5 Å². The normalized spacial score (nSPS) is 11.1. The lowest BCUT2D eigenvalue weighted by atomic mass is 10.0. The molecule has 0 aliphatic carbocycles. The third-order valence-corrected chi connectivity index (χ3v) is 5.69. The van der Waals surface area contributed by atoms with Gasteiger partial charge in [0, 0.05) is 17.5 Å². The number of aromatic amines is 1. The summed E-state index contributed by atoms with van der Waals surface area (Å²) in [5.74, 6) is 0.319. The van der Waals surface area contributed by atoms with E-state index < -0.39 is 0 Å². The Kier molecular flexibility index (Phi) is 5.40. The fraction of sp³-hybridized carbons (Fsp3) is 0.111. The van der Waals surface area contributed by atoms with Crippen molar-refractivity contribution in [3.05, 3.63) is 107 Å². The number of hydrogen-bond acceptors (Lipinski definition) is 4. The fourth-order valence-corrected chi connectivity index (χ4v) is 4.00. The topological polar surface area (TPSA) is 79.0 Å². The van der Waals surface area contributed by atoms with Crippen LogP contribution in [0.5, 0.6) is 0 Å². The van der Waals surface area contributed by atoms with Gasteiger partial charge < -0.3 is 9.88 Å². The fourth-order valence-electron chi connectivity index (χ4n) is 4.00. The van der Waals surface area contributed by atoms with E-state index in [1.165, 1.54) is 0 Å². The molecule has 6 heteroatoms. The molecule has 0 spiro atoms. The number of para-hydroxylation sites is 2. The van der Waals surface area contributed by atoms with Crippen LogP contribution in [-0.4, -0.2) is 32.3 Å². The van der Waals surface area contributed by atoms with Gasteiger partial charge in [-0.3, -0.25) is 9.59 Å². The molecule has 5 rings (SSSR count). The van der Waals surface area contributed by atoms with Gasteiger partial charge in [-0.25, -0.2) is 9.97 Å². The number of nitrogens with zero attached hydrogens (tertiary/aromatic N) is 3. The summed E-state index contributed by atoms with van der Waals surface area (Å²) in [5.41, 5.74) is 3.42. The molecule has 5 aromatic rings. The summed E-state index contributed by atoms with van der Waals surface area (Å²) in [4.78, 5) is 40.0. The van der Waals surface area contributed by atoms with Crippen LogP contribution in [-0.2, 0) is 6.54 Å². The highest BCUT2D eigenvalue weighted by Gasteiger charge is 2.20. The third kappa shape index (κ3) is 3.99. The number of rotatable bonds is 5. The van der Waals surface area contributed by atoms with Gasteiger partial charge in [-0.2, -0.15) is 0 Å². The molecule has 162 valence electrons. The first-order chi connectivity index (χ1) is 16.1. The number of pyridine rings is 1. The summed E-state index contributed by atoms with van der Waals surface area (Å²) in [6.45, 7) is 2.58. The van der Waals surface area contributed by atoms with Gasteiger partial charge in [0.15, 0.2) is 0 Å². The third-order valence-electron chi connectivity index (χ3n) is 5.69. The van der Waals surface area contributed by atoms with E-state index >= 15 is 0 Å². The molecule has 0 radical (unpaired) electrons. The number of hydrogen-bond donors (Lipinski definition) is 1. The Balaban J connectivity index is 1.56. The van der Waals surface area contributed by atoms with Gasteiger partial charge >= 0.3 is 0 Å². The molecule has 6 nitrogen and oxygen atoms in total. The van der Waals surface area contributed by atoms with Gasteiger partial charge in [-0.05, 0) is 31.2 Å². The standard InChI is InChI=1S/C27H22N4O2/c1-2-31(17-25-29-23-15-9-7-13-20(23)26(32)30-25)27(33)21-16-24(18-10-4-3-5-11-18)28-22-14-8-6-12-19(21)22/h3-16H,2,17H2,1H3,(H,29,30,32). The van der Waals surface area contributed by atoms with E-state index in [2.05, 4.69) is 9.97 Å². The molecule has 0 atom stereocenters. The Morgan fingerprint density at radius 1 is 0.848 bits per heavy atom. The van der Waals surface area contributed by atoms with Crippen molar-refractivity contribution < 1.29 is 4.79 Å². The molecule has 2 aromatic heterocycles. The maximum atomic E-state index is 13.7. The minimum absolute atomic E-state index is 0.135. The Labute approximate surface area is 190 Å². The van der Waals surface area contributed by atoms with Gasteiger partial charge in [0.05, 0.1) is 34.2 Å². The zero-order chi connectivity index (χ0) is 22.8. The Hall–Kier alpha value is -4.32. The predicted octanol–water partition coefficient (Wildman–Crippen LogP) is 4.80. The molecular formula is C27H22N4O2. The lowest BCUT2D eigenvalue weighted by Gasteiger charge is -2.22. The second-order valence-corrected chi connectivity index (χ2v) is 7.79. The van der Waals surface area contributed by atoms with Crippen molar-refractivity contribution >= 4 is 27.7 Å². The number of amides is 1. The number of carbonyl (C=O) groups is 1. The highest BCUT2D eigenvalue weighted by atomic mass is 16.2. The Morgan fingerprint density at radius 2 is 1.48 bits per heavy atom. The van der Waals surface area contributed by atoms with Crippen molar-refractivity contribution in [3.8, 4) is 11.3 Å². The van der Waals surface area contributed by atoms with E-state index in [0.29, 0.717) is 28.8 Å². The summed E-state index contributed by atoms with van der Waals surface area (Å²) in [5, 5.41) is 1.32. The van der Waals surface area contributed by atoms with Crippen molar-refractivity contribution in [1.82, 2.24) is 19.9 Å². The number of carbonyl (C=O) groups excluding carboxylic acids is 1. The molecule has 0 saturated carbocycles. The van der Waals surface area contributed by atoms with Gasteiger partial charge in [-0.15, -0.1) is 0 Å². The van der Waals surface area contributed by atoms with Gasteiger partial charge in [-0.1, -0.05) is 60.7 Å². The molecule has 0 saturated heterocycles. The predicted molar refractivity (Wildman–Crippen MR) is 130 cm³/mol. The summed E-state index contributed by atoms with van der Waals surface area (Å²) in [6, 6.07) is 26.5. The lowest BCUT2D eigenvalue weighted by molar-refractivity contribution is 0.0750. The average Bonchev–Trinajstić information content (AvgIpc) is 2.87. The van der Waals surface area contributed by atoms with E-state index in [-0.39, 0.29) is 18.0 Å². The van der Waals surface area contributed by atoms with Gasteiger partial charge in [0.1, 0.15) is 5.82 Å². The molecular weight excluding hydrogens is 412 g/mol. The molecule has 2 heterocycles. The maximum Gasteiger partial charge on any atom is 0.258 e. The van der Waals surface area contributed by atoms with E-state index in [1.54, 1.807) is 23.1 Å². The molecule has 0 aliphatic rings. The monoisotopic (exact) mass is 434 g/mol. The molecule has 0 bridgehead atoms. The van der Waals surface area contributed by atoms with Crippen molar-refractivity contribution in [3.63, 3.8) is 0 Å². The number of fused-ring (bicyclic) bond motifs is 2. The largest absolute Gasteiger partial charge is 0.331 e. The minimum Gasteiger partial charge on any atom is -0.331 e. The van der Waals surface area contributed by atoms with Crippen molar-refractivity contribution in [2.45, 2.75) is 13.5 Å². The van der Waals surface area contributed by atoms with Crippen LogP contribution in [0.1, 0.15) is 23.1 Å². The van der Waals surface area contributed by atoms with E-state index in [4.69, 9.17) is 4.98 Å². The second kappa shape index (κ2) is 8.67. The van der Waals surface area contributed by atoms with Gasteiger partial charge in [0.2, 0.25) is 0 Å². The molecule has 0 unspecified atom stereocenters. The summed E-state index contributed by atoms with van der Waals surface area (Å²) < 4.78 is 0. The highest BCUT2D eigenvalue weighted by Crippen LogP contribution is 2.26. The van der Waals surface area contributed by atoms with E-state index in [1.807, 2.05) is 73.7 Å². The van der Waals surface area contributed by atoms with E-state index in [9.17, 15) is 9.59 Å². The zero-order valence-electron chi connectivity index (χ0n) is 18.2. The van der Waals surface area contributed by atoms with Crippen LogP contribution in [0.2, 0.25) is 0 Å². The van der Waals surface area contributed by atoms with Crippen LogP contribution in [0.15, 0.2) is 89.7 Å². The molecule has 0 fully saturated rings. The molecule has 1 amide bonds. The average molecular weight is 434 g/mol. The summed E-state index contributed by atoms with van der Waals surface area (Å²) >= 11 is 0. The first-order valence-corrected chi connectivity index (χ1v) is 10.9. The lowest BCUT2D eigenvalue weighted by Crippen LogP contribution is -2.32. The SMILES string of the molecule is CCN(Cc1nc2ccccc2c(=O)[nH]1)C(=O)c1cc(-c2ccccc2)nc2ccccc12. The number of nitrogens with one attached hydrogen (secondary N) is 1. The van der Waals surface area contributed by atoms with Crippen LogP contribution in [0.4, 0.5) is 0 Å². The first kappa shape index (κ1) is 20.6. The smallest absolute Gasteiger partial charge is 0.258 e. The molecule has 33 heavy (non-hydrogen) atoms. The van der Waals surface area contributed by atoms with Crippen molar-refractivity contribution in [2.24, 2.45) is 0 Å². The Bertz CT molecular complexity index is 1530. The van der Waals surface area contributed by atoms with Crippen LogP contribution >= 0.6 is 0 Å². The zero-order valence-corrected chi connectivity index (χ0v) is 18.2. The van der Waals surface area contributed by atoms with Crippen LogP contribution in [0, 0.1) is 0 Å². The van der Waals surface area contributed by atoms with Crippen LogP contribution in [0.25, 0.3) is 33.1 Å². The van der Waals surface area contributed by atoms with Crippen molar-refractivity contribution in [2.75, 3.05) is 6.54 Å². The number of aromatic nitrogens is 3. The van der Waals surface area contributed by atoms with E-state index in [0.717, 1.165) is 22.2 Å². The van der Waals surface area contributed by atoms with Crippen LogP contribution < -0.4 is 5.56 Å². The quantitative estimate of drug-likeness (QED) is 0.431. The second-order valence-electron chi connectivity index (χ2n) is 7.79. The first-order valence-electron chi connectivity index (χ1n) is 10.9. The molecule has 0 aliphatic heterocycles. The summed E-state index contributed by atoms with van der Waals surface area (Å²) in [7, 11) is 0. The molecule has 1 N–H and O–H groups in total. The number of benzene rings is 3. The highest BCUT2D eigenvalue weighted by molar-refractivity contribution is 6.07. The van der Waals surface area contributed by atoms with Crippen LogP contribution in [0.3, 0.4) is 0 Å². The molecule has 3 aromatic carbocycles. The number of H-pyrrole nitrogens is 1.